The molecule has 0 aliphatic carbocycles. The first-order valence-corrected chi connectivity index (χ1v) is 6.62. The second kappa shape index (κ2) is 7.45. The standard InChI is InChI=1S/C13H27N3O3/c1-6-16(8-13(4,5)19)10(17)7-15-12(18)11(14)9(2)3/h9,11,19H,6-8,14H2,1-5H3,(H,15,18)/t11-/m0/s1. The van der Waals surface area contributed by atoms with E-state index in [1.165, 1.54) is 4.90 Å². The summed E-state index contributed by atoms with van der Waals surface area (Å²) < 4.78 is 0. The average molecular weight is 273 g/mol. The predicted molar refractivity (Wildman–Crippen MR) is 74.4 cm³/mol. The van der Waals surface area contributed by atoms with Crippen LogP contribution < -0.4 is 11.1 Å². The van der Waals surface area contributed by atoms with Gasteiger partial charge >= 0.3 is 0 Å². The number of hydrogen-bond donors (Lipinski definition) is 3. The lowest BCUT2D eigenvalue weighted by Gasteiger charge is -2.28. The fraction of sp³-hybridized carbons (Fsp3) is 0.846. The molecule has 6 nitrogen and oxygen atoms in total. The number of nitrogens with zero attached hydrogens (tertiary/aromatic N) is 1. The molecule has 6 heteroatoms. The number of hydrogen-bond acceptors (Lipinski definition) is 4. The number of aliphatic hydroxyl groups is 1. The summed E-state index contributed by atoms with van der Waals surface area (Å²) >= 11 is 0. The molecule has 0 bridgehead atoms. The van der Waals surface area contributed by atoms with Crippen LogP contribution in [-0.2, 0) is 9.59 Å². The summed E-state index contributed by atoms with van der Waals surface area (Å²) in [6.45, 7) is 9.40. The molecule has 2 amide bonds. The Morgan fingerprint density at radius 2 is 1.89 bits per heavy atom. The second-order valence-corrected chi connectivity index (χ2v) is 5.71. The highest BCUT2D eigenvalue weighted by Gasteiger charge is 2.23. The zero-order chi connectivity index (χ0) is 15.2. The van der Waals surface area contributed by atoms with Gasteiger partial charge in [-0.25, -0.2) is 0 Å². The van der Waals surface area contributed by atoms with Gasteiger partial charge in [-0.2, -0.15) is 0 Å². The molecule has 0 saturated carbocycles. The Hall–Kier alpha value is -1.14. The maximum absolute atomic E-state index is 11.9. The van der Waals surface area contributed by atoms with Crippen LogP contribution in [0.1, 0.15) is 34.6 Å². The van der Waals surface area contributed by atoms with Gasteiger partial charge in [0, 0.05) is 13.1 Å². The van der Waals surface area contributed by atoms with Gasteiger partial charge in [-0.1, -0.05) is 13.8 Å². The molecule has 0 fully saturated rings. The molecule has 0 aromatic rings. The molecular weight excluding hydrogens is 246 g/mol. The second-order valence-electron chi connectivity index (χ2n) is 5.71. The number of carbonyl (C=O) groups is 2. The topological polar surface area (TPSA) is 95.7 Å². The maximum atomic E-state index is 11.9. The van der Waals surface area contributed by atoms with Crippen LogP contribution in [0.3, 0.4) is 0 Å². The summed E-state index contributed by atoms with van der Waals surface area (Å²) in [5, 5.41) is 12.2. The molecule has 0 saturated heterocycles. The lowest BCUT2D eigenvalue weighted by molar-refractivity contribution is -0.135. The molecule has 0 aliphatic rings. The molecule has 1 atom stereocenters. The third-order valence-electron chi connectivity index (χ3n) is 2.75. The van der Waals surface area contributed by atoms with E-state index in [0.29, 0.717) is 6.54 Å². The fourth-order valence-corrected chi connectivity index (χ4v) is 1.54. The lowest BCUT2D eigenvalue weighted by atomic mass is 10.1. The summed E-state index contributed by atoms with van der Waals surface area (Å²) in [6.07, 6.45) is 0. The third-order valence-corrected chi connectivity index (χ3v) is 2.75. The first-order valence-electron chi connectivity index (χ1n) is 6.62. The van der Waals surface area contributed by atoms with Crippen molar-refractivity contribution in [3.05, 3.63) is 0 Å². The number of rotatable bonds is 7. The van der Waals surface area contributed by atoms with Gasteiger partial charge in [0.2, 0.25) is 11.8 Å². The highest BCUT2D eigenvalue weighted by molar-refractivity contribution is 5.87. The Balaban J connectivity index is 4.32. The molecule has 19 heavy (non-hydrogen) atoms. The Kier molecular flexibility index (Phi) is 7.00. The van der Waals surface area contributed by atoms with Crippen molar-refractivity contribution in [2.45, 2.75) is 46.3 Å². The van der Waals surface area contributed by atoms with Crippen molar-refractivity contribution in [3.8, 4) is 0 Å². The highest BCUT2D eigenvalue weighted by atomic mass is 16.3. The third kappa shape index (κ3) is 7.12. The minimum absolute atomic E-state index is 0.0220. The van der Waals surface area contributed by atoms with E-state index in [0.717, 1.165) is 0 Å². The van der Waals surface area contributed by atoms with Gasteiger partial charge < -0.3 is 21.1 Å². The maximum Gasteiger partial charge on any atom is 0.242 e. The van der Waals surface area contributed by atoms with E-state index < -0.39 is 11.6 Å². The van der Waals surface area contributed by atoms with E-state index >= 15 is 0 Å². The van der Waals surface area contributed by atoms with Crippen molar-refractivity contribution in [2.24, 2.45) is 11.7 Å². The minimum Gasteiger partial charge on any atom is -0.389 e. The van der Waals surface area contributed by atoms with Gasteiger partial charge in [-0.05, 0) is 26.7 Å². The van der Waals surface area contributed by atoms with Crippen LogP contribution in [0.2, 0.25) is 0 Å². The monoisotopic (exact) mass is 273 g/mol. The Morgan fingerprint density at radius 1 is 1.37 bits per heavy atom. The average Bonchev–Trinajstić information content (AvgIpc) is 2.30. The number of likely N-dealkylation sites (N-methyl/N-ethyl adjacent to an activating group) is 1. The highest BCUT2D eigenvalue weighted by Crippen LogP contribution is 2.05. The summed E-state index contributed by atoms with van der Waals surface area (Å²) in [6, 6.07) is -0.614. The zero-order valence-electron chi connectivity index (χ0n) is 12.6. The quantitative estimate of drug-likeness (QED) is 0.593. The molecule has 0 rings (SSSR count). The van der Waals surface area contributed by atoms with Gasteiger partial charge in [0.25, 0.3) is 0 Å². The van der Waals surface area contributed by atoms with Crippen LogP contribution in [0.25, 0.3) is 0 Å². The number of amides is 2. The molecular formula is C13H27N3O3. The van der Waals surface area contributed by atoms with Crippen molar-refractivity contribution < 1.29 is 14.7 Å². The van der Waals surface area contributed by atoms with E-state index in [2.05, 4.69) is 5.32 Å². The smallest absolute Gasteiger partial charge is 0.242 e. The lowest BCUT2D eigenvalue weighted by Crippen LogP contribution is -2.50. The number of nitrogens with two attached hydrogens (primary N) is 1. The molecule has 0 spiro atoms. The SMILES string of the molecule is CCN(CC(C)(C)O)C(=O)CNC(=O)[C@@H](N)C(C)C. The molecule has 0 aromatic carbocycles. The van der Waals surface area contributed by atoms with Gasteiger partial charge in [0.15, 0.2) is 0 Å². The largest absolute Gasteiger partial charge is 0.389 e. The summed E-state index contributed by atoms with van der Waals surface area (Å²) in [5.74, 6) is -0.537. The van der Waals surface area contributed by atoms with E-state index in [1.807, 2.05) is 20.8 Å². The van der Waals surface area contributed by atoms with Crippen molar-refractivity contribution in [1.82, 2.24) is 10.2 Å². The van der Waals surface area contributed by atoms with Crippen LogP contribution in [0.4, 0.5) is 0 Å². The Bertz CT molecular complexity index is 311. The zero-order valence-corrected chi connectivity index (χ0v) is 12.6. The van der Waals surface area contributed by atoms with E-state index in [9.17, 15) is 14.7 Å². The van der Waals surface area contributed by atoms with Crippen molar-refractivity contribution in [1.29, 1.82) is 0 Å². The number of carbonyl (C=O) groups excluding carboxylic acids is 2. The Morgan fingerprint density at radius 3 is 2.26 bits per heavy atom. The normalized spacial score (nSPS) is 13.3. The van der Waals surface area contributed by atoms with E-state index in [-0.39, 0.29) is 30.8 Å². The Labute approximate surface area is 115 Å². The fourth-order valence-electron chi connectivity index (χ4n) is 1.54. The summed E-state index contributed by atoms with van der Waals surface area (Å²) in [4.78, 5) is 25.0. The van der Waals surface area contributed by atoms with Crippen molar-refractivity contribution in [3.63, 3.8) is 0 Å². The molecule has 0 aliphatic heterocycles. The molecule has 0 heterocycles. The first-order chi connectivity index (χ1) is 8.58. The minimum atomic E-state index is -0.954. The molecule has 0 unspecified atom stereocenters. The molecule has 112 valence electrons. The van der Waals surface area contributed by atoms with Crippen molar-refractivity contribution >= 4 is 11.8 Å². The van der Waals surface area contributed by atoms with Gasteiger partial charge in [0.1, 0.15) is 0 Å². The van der Waals surface area contributed by atoms with Gasteiger partial charge in [-0.3, -0.25) is 9.59 Å². The summed E-state index contributed by atoms with van der Waals surface area (Å²) in [5.41, 5.74) is 4.73. The van der Waals surface area contributed by atoms with Gasteiger partial charge in [-0.15, -0.1) is 0 Å². The van der Waals surface area contributed by atoms with Crippen molar-refractivity contribution in [2.75, 3.05) is 19.6 Å². The first kappa shape index (κ1) is 17.9. The molecule has 4 N–H and O–H groups in total. The van der Waals surface area contributed by atoms with Gasteiger partial charge in [0.05, 0.1) is 18.2 Å². The van der Waals surface area contributed by atoms with E-state index in [1.54, 1.807) is 13.8 Å². The summed E-state index contributed by atoms with van der Waals surface area (Å²) in [7, 11) is 0. The van der Waals surface area contributed by atoms with Crippen LogP contribution in [0.15, 0.2) is 0 Å². The van der Waals surface area contributed by atoms with E-state index in [4.69, 9.17) is 5.73 Å². The van der Waals surface area contributed by atoms with Crippen LogP contribution in [0, 0.1) is 5.92 Å². The predicted octanol–water partition coefficient (Wildman–Crippen LogP) is -0.295. The van der Waals surface area contributed by atoms with Crippen LogP contribution in [-0.4, -0.2) is 53.1 Å². The van der Waals surface area contributed by atoms with Crippen LogP contribution in [0.5, 0.6) is 0 Å². The van der Waals surface area contributed by atoms with Crippen LogP contribution >= 0.6 is 0 Å². The number of nitrogens with one attached hydrogen (secondary N) is 1. The molecule has 0 aromatic heterocycles. The molecule has 0 radical (unpaired) electrons.